The van der Waals surface area contributed by atoms with Crippen LogP contribution < -0.4 is 10.9 Å². The van der Waals surface area contributed by atoms with Crippen molar-refractivity contribution in [2.24, 2.45) is 0 Å². The van der Waals surface area contributed by atoms with Gasteiger partial charge in [-0.05, 0) is 31.5 Å². The van der Waals surface area contributed by atoms with E-state index in [0.29, 0.717) is 16.8 Å². The SMILES string of the molecule is CC(=O)c1ccc(C)c(NC(=O)c2ccc(=O)[nH]c2)c1. The molecule has 0 atom stereocenters. The third-order valence-corrected chi connectivity index (χ3v) is 2.94. The molecule has 2 N–H and O–H groups in total. The fourth-order valence-corrected chi connectivity index (χ4v) is 1.72. The monoisotopic (exact) mass is 270 g/mol. The van der Waals surface area contributed by atoms with E-state index in [1.54, 1.807) is 18.2 Å². The van der Waals surface area contributed by atoms with Gasteiger partial charge in [-0.15, -0.1) is 0 Å². The molecule has 0 aliphatic heterocycles. The molecule has 0 saturated heterocycles. The van der Waals surface area contributed by atoms with Crippen LogP contribution >= 0.6 is 0 Å². The third kappa shape index (κ3) is 3.00. The van der Waals surface area contributed by atoms with Crippen LogP contribution in [0.5, 0.6) is 0 Å². The van der Waals surface area contributed by atoms with Crippen molar-refractivity contribution in [2.75, 3.05) is 5.32 Å². The summed E-state index contributed by atoms with van der Waals surface area (Å²) in [6, 6.07) is 7.86. The van der Waals surface area contributed by atoms with E-state index in [-0.39, 0.29) is 17.2 Å². The van der Waals surface area contributed by atoms with Gasteiger partial charge in [-0.1, -0.05) is 12.1 Å². The number of carbonyl (C=O) groups is 2. The van der Waals surface area contributed by atoms with Crippen LogP contribution in [-0.2, 0) is 0 Å². The molecule has 0 fully saturated rings. The summed E-state index contributed by atoms with van der Waals surface area (Å²) in [4.78, 5) is 36.8. The molecule has 0 bridgehead atoms. The fourth-order valence-electron chi connectivity index (χ4n) is 1.72. The molecular formula is C15H14N2O3. The average Bonchev–Trinajstić information content (AvgIpc) is 2.41. The zero-order valence-electron chi connectivity index (χ0n) is 11.2. The fraction of sp³-hybridized carbons (Fsp3) is 0.133. The molecule has 1 amide bonds. The Balaban J connectivity index is 2.27. The number of ketones is 1. The molecule has 0 unspecified atom stereocenters. The van der Waals surface area contributed by atoms with Crippen LogP contribution in [0.3, 0.4) is 0 Å². The van der Waals surface area contributed by atoms with E-state index >= 15 is 0 Å². The van der Waals surface area contributed by atoms with Gasteiger partial charge in [-0.2, -0.15) is 0 Å². The first-order chi connectivity index (χ1) is 9.47. The van der Waals surface area contributed by atoms with Crippen LogP contribution in [0.25, 0.3) is 0 Å². The Morgan fingerprint density at radius 2 is 1.80 bits per heavy atom. The lowest BCUT2D eigenvalue weighted by Crippen LogP contribution is -2.15. The van der Waals surface area contributed by atoms with Gasteiger partial charge in [0.1, 0.15) is 0 Å². The van der Waals surface area contributed by atoms with Crippen molar-refractivity contribution in [2.45, 2.75) is 13.8 Å². The molecule has 0 radical (unpaired) electrons. The zero-order chi connectivity index (χ0) is 14.7. The molecule has 1 aromatic carbocycles. The highest BCUT2D eigenvalue weighted by atomic mass is 16.2. The zero-order valence-corrected chi connectivity index (χ0v) is 11.2. The molecule has 102 valence electrons. The lowest BCUT2D eigenvalue weighted by molar-refractivity contribution is 0.101. The van der Waals surface area contributed by atoms with E-state index < -0.39 is 0 Å². The lowest BCUT2D eigenvalue weighted by Gasteiger charge is -2.09. The van der Waals surface area contributed by atoms with Crippen molar-refractivity contribution >= 4 is 17.4 Å². The number of anilines is 1. The van der Waals surface area contributed by atoms with Crippen molar-refractivity contribution in [3.63, 3.8) is 0 Å². The van der Waals surface area contributed by atoms with Gasteiger partial charge in [0.2, 0.25) is 5.56 Å². The number of pyridine rings is 1. The van der Waals surface area contributed by atoms with E-state index in [4.69, 9.17) is 0 Å². The number of aromatic nitrogens is 1. The number of carbonyl (C=O) groups excluding carboxylic acids is 2. The molecule has 0 aliphatic rings. The van der Waals surface area contributed by atoms with Gasteiger partial charge < -0.3 is 10.3 Å². The molecule has 0 saturated carbocycles. The number of benzene rings is 1. The Kier molecular flexibility index (Phi) is 3.79. The number of aryl methyl sites for hydroxylation is 1. The lowest BCUT2D eigenvalue weighted by atomic mass is 10.1. The summed E-state index contributed by atoms with van der Waals surface area (Å²) in [5.41, 5.74) is 2.04. The standard InChI is InChI=1S/C15H14N2O3/c1-9-3-4-11(10(2)18)7-13(9)17-15(20)12-5-6-14(19)16-8-12/h3-8H,1-2H3,(H,16,19)(H,17,20). The number of rotatable bonds is 3. The van der Waals surface area contributed by atoms with Gasteiger partial charge in [0.15, 0.2) is 5.78 Å². The van der Waals surface area contributed by atoms with Crippen LogP contribution in [0.15, 0.2) is 41.3 Å². The van der Waals surface area contributed by atoms with Crippen LogP contribution in [0, 0.1) is 6.92 Å². The second kappa shape index (κ2) is 5.52. The summed E-state index contributed by atoms with van der Waals surface area (Å²) in [7, 11) is 0. The molecule has 20 heavy (non-hydrogen) atoms. The minimum atomic E-state index is -0.343. The summed E-state index contributed by atoms with van der Waals surface area (Å²) in [5, 5.41) is 2.73. The predicted molar refractivity (Wildman–Crippen MR) is 76.2 cm³/mol. The Morgan fingerprint density at radius 1 is 1.10 bits per heavy atom. The van der Waals surface area contributed by atoms with E-state index in [1.807, 2.05) is 6.92 Å². The Bertz CT molecular complexity index is 712. The number of hydrogen-bond donors (Lipinski definition) is 2. The quantitative estimate of drug-likeness (QED) is 0.839. The predicted octanol–water partition coefficient (Wildman–Crippen LogP) is 2.14. The second-order valence-electron chi connectivity index (χ2n) is 4.48. The third-order valence-electron chi connectivity index (χ3n) is 2.94. The van der Waals surface area contributed by atoms with Crippen LogP contribution in [0.2, 0.25) is 0 Å². The molecular weight excluding hydrogens is 256 g/mol. The van der Waals surface area contributed by atoms with Crippen LogP contribution in [-0.4, -0.2) is 16.7 Å². The highest BCUT2D eigenvalue weighted by Crippen LogP contribution is 2.18. The first-order valence-corrected chi connectivity index (χ1v) is 6.09. The Morgan fingerprint density at radius 3 is 2.40 bits per heavy atom. The van der Waals surface area contributed by atoms with E-state index in [0.717, 1.165) is 5.56 Å². The number of nitrogens with one attached hydrogen (secondary N) is 2. The van der Waals surface area contributed by atoms with Crippen molar-refractivity contribution in [1.82, 2.24) is 4.98 Å². The van der Waals surface area contributed by atoms with Crippen LogP contribution in [0.1, 0.15) is 33.2 Å². The molecule has 2 rings (SSSR count). The maximum atomic E-state index is 12.0. The minimum Gasteiger partial charge on any atom is -0.328 e. The van der Waals surface area contributed by atoms with E-state index in [1.165, 1.54) is 25.3 Å². The molecule has 0 aliphatic carbocycles. The van der Waals surface area contributed by atoms with Crippen molar-refractivity contribution in [3.05, 3.63) is 63.6 Å². The molecule has 2 aromatic rings. The molecule has 5 nitrogen and oxygen atoms in total. The number of hydrogen-bond acceptors (Lipinski definition) is 3. The average molecular weight is 270 g/mol. The molecule has 1 aromatic heterocycles. The van der Waals surface area contributed by atoms with Gasteiger partial charge in [0, 0.05) is 23.5 Å². The van der Waals surface area contributed by atoms with E-state index in [9.17, 15) is 14.4 Å². The number of Topliss-reactive ketones (excluding diaryl/α,β-unsaturated/α-hetero) is 1. The summed E-state index contributed by atoms with van der Waals surface area (Å²) in [5.74, 6) is -0.408. The first-order valence-electron chi connectivity index (χ1n) is 6.09. The number of H-pyrrole nitrogens is 1. The Labute approximate surface area is 115 Å². The van der Waals surface area contributed by atoms with Gasteiger partial charge in [-0.25, -0.2) is 0 Å². The minimum absolute atomic E-state index is 0.0652. The largest absolute Gasteiger partial charge is 0.328 e. The first kappa shape index (κ1) is 13.7. The smallest absolute Gasteiger partial charge is 0.257 e. The summed E-state index contributed by atoms with van der Waals surface area (Å²) >= 11 is 0. The normalized spacial score (nSPS) is 10.1. The number of aromatic amines is 1. The van der Waals surface area contributed by atoms with E-state index in [2.05, 4.69) is 10.3 Å². The van der Waals surface area contributed by atoms with Crippen LogP contribution in [0.4, 0.5) is 5.69 Å². The summed E-state index contributed by atoms with van der Waals surface area (Å²) in [6.07, 6.45) is 1.35. The van der Waals surface area contributed by atoms with Gasteiger partial charge >= 0.3 is 0 Å². The topological polar surface area (TPSA) is 79.0 Å². The number of amides is 1. The van der Waals surface area contributed by atoms with Gasteiger partial charge in [0.05, 0.1) is 5.56 Å². The second-order valence-corrected chi connectivity index (χ2v) is 4.48. The summed E-state index contributed by atoms with van der Waals surface area (Å²) in [6.45, 7) is 3.31. The highest BCUT2D eigenvalue weighted by molar-refractivity contribution is 6.05. The summed E-state index contributed by atoms with van der Waals surface area (Å²) < 4.78 is 0. The van der Waals surface area contributed by atoms with Gasteiger partial charge in [0.25, 0.3) is 5.91 Å². The maximum absolute atomic E-state index is 12.0. The maximum Gasteiger partial charge on any atom is 0.257 e. The highest BCUT2D eigenvalue weighted by Gasteiger charge is 2.09. The molecule has 5 heteroatoms. The van der Waals surface area contributed by atoms with Gasteiger partial charge in [-0.3, -0.25) is 14.4 Å². The van der Waals surface area contributed by atoms with Crippen molar-refractivity contribution in [3.8, 4) is 0 Å². The Hall–Kier alpha value is -2.69. The molecule has 0 spiro atoms. The molecule has 1 heterocycles. The van der Waals surface area contributed by atoms with Crippen molar-refractivity contribution in [1.29, 1.82) is 0 Å². The van der Waals surface area contributed by atoms with Crippen molar-refractivity contribution < 1.29 is 9.59 Å².